The van der Waals surface area contributed by atoms with Crippen molar-refractivity contribution < 1.29 is 4.74 Å². The highest BCUT2D eigenvalue weighted by Gasteiger charge is 2.11. The standard InChI is InChI=1S/C17H15N5O2S2/c1-11-8-25-16-19-12(6-15(23)22(11)16)9-26-17-20-18-10-21(17)13-4-3-5-14(7-13)24-2/h3-8,10H,9H2,1-2H3. The number of aromatic nitrogens is 5. The largest absolute Gasteiger partial charge is 0.497 e. The normalized spacial score (nSPS) is 11.2. The number of thiazole rings is 1. The van der Waals surface area contributed by atoms with Crippen LogP contribution in [-0.4, -0.2) is 31.3 Å². The van der Waals surface area contributed by atoms with Gasteiger partial charge in [-0.05, 0) is 19.1 Å². The molecule has 1 aromatic carbocycles. The summed E-state index contributed by atoms with van der Waals surface area (Å²) in [6.07, 6.45) is 1.66. The molecule has 0 aliphatic carbocycles. The summed E-state index contributed by atoms with van der Waals surface area (Å²) >= 11 is 2.95. The Hall–Kier alpha value is -2.65. The molecule has 3 heterocycles. The Bertz CT molecular complexity index is 1130. The lowest BCUT2D eigenvalue weighted by Crippen LogP contribution is -2.14. The highest BCUT2D eigenvalue weighted by molar-refractivity contribution is 7.98. The van der Waals surface area contributed by atoms with Crippen molar-refractivity contribution in [3.05, 3.63) is 63.8 Å². The Balaban J connectivity index is 1.59. The van der Waals surface area contributed by atoms with Gasteiger partial charge in [0.2, 0.25) is 0 Å². The summed E-state index contributed by atoms with van der Waals surface area (Å²) in [4.78, 5) is 17.6. The first kappa shape index (κ1) is 16.8. The minimum Gasteiger partial charge on any atom is -0.497 e. The number of benzene rings is 1. The molecule has 0 unspecified atom stereocenters. The van der Waals surface area contributed by atoms with Crippen LogP contribution in [0, 0.1) is 6.92 Å². The molecule has 0 N–H and O–H groups in total. The summed E-state index contributed by atoms with van der Waals surface area (Å²) in [5.74, 6) is 1.30. The summed E-state index contributed by atoms with van der Waals surface area (Å²) in [5.41, 5.74) is 2.48. The van der Waals surface area contributed by atoms with E-state index in [-0.39, 0.29) is 5.56 Å². The van der Waals surface area contributed by atoms with Gasteiger partial charge in [-0.3, -0.25) is 13.8 Å². The number of fused-ring (bicyclic) bond motifs is 1. The first-order valence-electron chi connectivity index (χ1n) is 7.80. The number of hydrogen-bond acceptors (Lipinski definition) is 7. The SMILES string of the molecule is COc1cccc(-n2cnnc2SCc2cc(=O)n3c(C)csc3n2)c1. The van der Waals surface area contributed by atoms with Crippen LogP contribution >= 0.6 is 23.1 Å². The van der Waals surface area contributed by atoms with Crippen LogP contribution in [0.1, 0.15) is 11.4 Å². The fourth-order valence-electron chi connectivity index (χ4n) is 2.57. The van der Waals surface area contributed by atoms with E-state index >= 15 is 0 Å². The van der Waals surface area contributed by atoms with Crippen molar-refractivity contribution in [3.8, 4) is 11.4 Å². The fraction of sp³-hybridized carbons (Fsp3) is 0.176. The highest BCUT2D eigenvalue weighted by Crippen LogP contribution is 2.25. The molecule has 7 nitrogen and oxygen atoms in total. The van der Waals surface area contributed by atoms with Gasteiger partial charge in [0.1, 0.15) is 12.1 Å². The lowest BCUT2D eigenvalue weighted by Gasteiger charge is -2.08. The molecule has 132 valence electrons. The van der Waals surface area contributed by atoms with Crippen LogP contribution in [-0.2, 0) is 5.75 Å². The maximum Gasteiger partial charge on any atom is 0.258 e. The molecule has 0 atom stereocenters. The number of methoxy groups -OCH3 is 1. The van der Waals surface area contributed by atoms with E-state index in [1.165, 1.54) is 23.1 Å². The van der Waals surface area contributed by atoms with Crippen LogP contribution in [0.4, 0.5) is 0 Å². The van der Waals surface area contributed by atoms with Crippen molar-refractivity contribution in [1.82, 2.24) is 24.1 Å². The van der Waals surface area contributed by atoms with E-state index in [1.54, 1.807) is 23.9 Å². The summed E-state index contributed by atoms with van der Waals surface area (Å²) < 4.78 is 8.78. The molecule has 0 aliphatic rings. The smallest absolute Gasteiger partial charge is 0.258 e. The third kappa shape index (κ3) is 3.11. The van der Waals surface area contributed by atoms with Crippen LogP contribution < -0.4 is 10.3 Å². The second-order valence-electron chi connectivity index (χ2n) is 5.55. The third-order valence-electron chi connectivity index (χ3n) is 3.83. The van der Waals surface area contributed by atoms with Gasteiger partial charge in [-0.25, -0.2) is 4.98 Å². The highest BCUT2D eigenvalue weighted by atomic mass is 32.2. The van der Waals surface area contributed by atoms with Crippen LogP contribution in [0.25, 0.3) is 10.6 Å². The molecule has 9 heteroatoms. The van der Waals surface area contributed by atoms with E-state index in [4.69, 9.17) is 4.74 Å². The zero-order valence-electron chi connectivity index (χ0n) is 14.1. The molecule has 0 fully saturated rings. The van der Waals surface area contributed by atoms with E-state index < -0.39 is 0 Å². The van der Waals surface area contributed by atoms with E-state index in [0.717, 1.165) is 28.0 Å². The van der Waals surface area contributed by atoms with Gasteiger partial charge < -0.3 is 4.74 Å². The number of hydrogen-bond donors (Lipinski definition) is 0. The molecule has 0 amide bonds. The Morgan fingerprint density at radius 3 is 3.04 bits per heavy atom. The number of aryl methyl sites for hydroxylation is 1. The Morgan fingerprint density at radius 1 is 1.31 bits per heavy atom. The molecule has 0 saturated heterocycles. The van der Waals surface area contributed by atoms with E-state index in [2.05, 4.69) is 15.2 Å². The maximum atomic E-state index is 12.3. The van der Waals surface area contributed by atoms with Crippen molar-refractivity contribution in [2.75, 3.05) is 7.11 Å². The van der Waals surface area contributed by atoms with Gasteiger partial charge in [-0.2, -0.15) is 0 Å². The predicted octanol–water partition coefficient (Wildman–Crippen LogP) is 2.95. The molecule has 26 heavy (non-hydrogen) atoms. The summed E-state index contributed by atoms with van der Waals surface area (Å²) in [6.45, 7) is 1.90. The first-order chi connectivity index (χ1) is 12.7. The van der Waals surface area contributed by atoms with Gasteiger partial charge in [0.15, 0.2) is 10.1 Å². The zero-order chi connectivity index (χ0) is 18.1. The molecule has 0 saturated carbocycles. The number of rotatable bonds is 5. The van der Waals surface area contributed by atoms with Crippen molar-refractivity contribution >= 4 is 28.1 Å². The molecule has 4 rings (SSSR count). The molecular weight excluding hydrogens is 370 g/mol. The minimum atomic E-state index is -0.0568. The van der Waals surface area contributed by atoms with Crippen molar-refractivity contribution in [2.45, 2.75) is 17.8 Å². The van der Waals surface area contributed by atoms with Crippen LogP contribution in [0.2, 0.25) is 0 Å². The lowest BCUT2D eigenvalue weighted by atomic mass is 10.3. The Labute approximate surface area is 157 Å². The van der Waals surface area contributed by atoms with E-state index in [9.17, 15) is 4.79 Å². The van der Waals surface area contributed by atoms with Gasteiger partial charge in [-0.15, -0.1) is 21.5 Å². The monoisotopic (exact) mass is 385 g/mol. The second kappa shape index (κ2) is 6.93. The molecule has 0 radical (unpaired) electrons. The minimum absolute atomic E-state index is 0.0568. The van der Waals surface area contributed by atoms with Gasteiger partial charge in [0.25, 0.3) is 5.56 Å². The third-order valence-corrected chi connectivity index (χ3v) is 5.75. The Morgan fingerprint density at radius 2 is 2.19 bits per heavy atom. The van der Waals surface area contributed by atoms with Crippen molar-refractivity contribution in [1.29, 1.82) is 0 Å². The van der Waals surface area contributed by atoms with Gasteiger partial charge in [0, 0.05) is 29.0 Å². The van der Waals surface area contributed by atoms with Crippen LogP contribution in [0.3, 0.4) is 0 Å². The molecule has 4 aromatic rings. The molecular formula is C17H15N5O2S2. The number of thioether (sulfide) groups is 1. The van der Waals surface area contributed by atoms with Crippen LogP contribution in [0.15, 0.2) is 52.0 Å². The van der Waals surface area contributed by atoms with E-state index in [0.29, 0.717) is 10.7 Å². The molecule has 0 bridgehead atoms. The van der Waals surface area contributed by atoms with Crippen molar-refractivity contribution in [3.63, 3.8) is 0 Å². The number of nitrogens with zero attached hydrogens (tertiary/aromatic N) is 5. The quantitative estimate of drug-likeness (QED) is 0.492. The van der Waals surface area contributed by atoms with Gasteiger partial charge in [0.05, 0.1) is 18.5 Å². The zero-order valence-corrected chi connectivity index (χ0v) is 15.8. The molecule has 0 aliphatic heterocycles. The topological polar surface area (TPSA) is 74.3 Å². The van der Waals surface area contributed by atoms with Crippen molar-refractivity contribution in [2.24, 2.45) is 0 Å². The lowest BCUT2D eigenvalue weighted by molar-refractivity contribution is 0.414. The fourth-order valence-corrected chi connectivity index (χ4v) is 4.29. The second-order valence-corrected chi connectivity index (χ2v) is 7.33. The predicted molar refractivity (Wildman–Crippen MR) is 102 cm³/mol. The summed E-state index contributed by atoms with van der Waals surface area (Å²) in [7, 11) is 1.63. The van der Waals surface area contributed by atoms with E-state index in [1.807, 2.05) is 41.1 Å². The molecule has 0 spiro atoms. The average molecular weight is 385 g/mol. The summed E-state index contributed by atoms with van der Waals surface area (Å²) in [5, 5.41) is 10.8. The summed E-state index contributed by atoms with van der Waals surface area (Å²) in [6, 6.07) is 9.25. The number of ether oxygens (including phenoxy) is 1. The van der Waals surface area contributed by atoms with Gasteiger partial charge in [-0.1, -0.05) is 17.8 Å². The average Bonchev–Trinajstić information content (AvgIpc) is 3.27. The van der Waals surface area contributed by atoms with Gasteiger partial charge >= 0.3 is 0 Å². The first-order valence-corrected chi connectivity index (χ1v) is 9.66. The van der Waals surface area contributed by atoms with Crippen LogP contribution in [0.5, 0.6) is 5.75 Å². The Kier molecular flexibility index (Phi) is 4.48. The molecule has 3 aromatic heterocycles. The maximum absolute atomic E-state index is 12.3.